The highest BCUT2D eigenvalue weighted by atomic mass is 16.5. The zero-order valence-electron chi connectivity index (χ0n) is 13.6. The van der Waals surface area contributed by atoms with Crippen molar-refractivity contribution >= 4 is 0 Å². The van der Waals surface area contributed by atoms with Crippen molar-refractivity contribution in [2.75, 3.05) is 0 Å². The quantitative estimate of drug-likeness (QED) is 0.577. The van der Waals surface area contributed by atoms with Gasteiger partial charge in [-0.2, -0.15) is 0 Å². The molecule has 4 nitrogen and oxygen atoms in total. The predicted octanol–water partition coefficient (Wildman–Crippen LogP) is 4.72. The molecule has 0 aliphatic rings. The first-order valence-electron chi connectivity index (χ1n) is 8.10. The summed E-state index contributed by atoms with van der Waals surface area (Å²) in [6, 6.07) is 22.4. The maximum absolute atomic E-state index is 5.81. The fourth-order valence-electron chi connectivity index (χ4n) is 2.66. The molecule has 0 bridgehead atoms. The van der Waals surface area contributed by atoms with Crippen LogP contribution >= 0.6 is 0 Å². The second kappa shape index (κ2) is 7.01. The van der Waals surface area contributed by atoms with E-state index in [-0.39, 0.29) is 0 Å². The van der Waals surface area contributed by atoms with Crippen LogP contribution in [0.25, 0.3) is 22.4 Å². The number of nitrogens with one attached hydrogen (secondary N) is 1. The van der Waals surface area contributed by atoms with Crippen LogP contribution in [0.4, 0.5) is 0 Å². The van der Waals surface area contributed by atoms with Crippen LogP contribution in [0.15, 0.2) is 85.5 Å². The minimum absolute atomic E-state index is 0.510. The molecule has 0 fully saturated rings. The zero-order valence-corrected chi connectivity index (χ0v) is 13.6. The third kappa shape index (κ3) is 3.58. The Morgan fingerprint density at radius 1 is 0.840 bits per heavy atom. The van der Waals surface area contributed by atoms with Crippen molar-refractivity contribution in [3.05, 3.63) is 91.0 Å². The molecule has 4 aromatic rings. The number of pyridine rings is 1. The van der Waals surface area contributed by atoms with E-state index in [1.54, 1.807) is 12.5 Å². The van der Waals surface area contributed by atoms with Gasteiger partial charge >= 0.3 is 0 Å². The molecule has 2 aromatic carbocycles. The monoisotopic (exact) mass is 327 g/mol. The van der Waals surface area contributed by atoms with E-state index in [2.05, 4.69) is 39.2 Å². The summed E-state index contributed by atoms with van der Waals surface area (Å²) in [6.07, 6.45) is 5.28. The van der Waals surface area contributed by atoms with Gasteiger partial charge in [-0.3, -0.25) is 0 Å². The normalized spacial score (nSPS) is 10.6. The molecule has 0 spiro atoms. The SMILES string of the molecule is c1ccc(COc2cc(-c3ccc(-c4cnc[nH]4)cc3)ccn2)cc1. The molecular weight excluding hydrogens is 310 g/mol. The molecule has 25 heavy (non-hydrogen) atoms. The molecule has 1 N–H and O–H groups in total. The lowest BCUT2D eigenvalue weighted by Crippen LogP contribution is -1.97. The number of nitrogens with zero attached hydrogens (tertiary/aromatic N) is 2. The lowest BCUT2D eigenvalue weighted by Gasteiger charge is -2.08. The Morgan fingerprint density at radius 3 is 2.40 bits per heavy atom. The first kappa shape index (κ1) is 15.1. The van der Waals surface area contributed by atoms with Gasteiger partial charge in [-0.1, -0.05) is 54.6 Å². The molecule has 122 valence electrons. The van der Waals surface area contributed by atoms with Crippen LogP contribution in [-0.2, 0) is 6.61 Å². The van der Waals surface area contributed by atoms with E-state index < -0.39 is 0 Å². The molecule has 4 rings (SSSR count). The van der Waals surface area contributed by atoms with E-state index in [1.165, 1.54) is 0 Å². The summed E-state index contributed by atoms with van der Waals surface area (Å²) in [6.45, 7) is 0.510. The number of imidazole rings is 1. The Bertz CT molecular complexity index is 933. The van der Waals surface area contributed by atoms with E-state index in [0.717, 1.165) is 27.9 Å². The maximum Gasteiger partial charge on any atom is 0.214 e. The molecule has 0 radical (unpaired) electrons. The first-order chi connectivity index (χ1) is 12.4. The number of aromatic nitrogens is 3. The van der Waals surface area contributed by atoms with Crippen molar-refractivity contribution in [1.29, 1.82) is 0 Å². The third-order valence-electron chi connectivity index (χ3n) is 3.99. The number of H-pyrrole nitrogens is 1. The van der Waals surface area contributed by atoms with Crippen molar-refractivity contribution < 1.29 is 4.74 Å². The van der Waals surface area contributed by atoms with Gasteiger partial charge in [0.2, 0.25) is 5.88 Å². The van der Waals surface area contributed by atoms with Crippen molar-refractivity contribution in [1.82, 2.24) is 15.0 Å². The van der Waals surface area contributed by atoms with Gasteiger partial charge in [-0.15, -0.1) is 0 Å². The second-order valence-electron chi connectivity index (χ2n) is 5.70. The minimum Gasteiger partial charge on any atom is -0.473 e. The number of hydrogen-bond donors (Lipinski definition) is 1. The van der Waals surface area contributed by atoms with Crippen LogP contribution in [0.2, 0.25) is 0 Å². The molecule has 4 heteroatoms. The number of ether oxygens (including phenoxy) is 1. The molecule has 0 aliphatic heterocycles. The van der Waals surface area contributed by atoms with Gasteiger partial charge < -0.3 is 9.72 Å². The molecule has 2 aromatic heterocycles. The molecule has 0 saturated heterocycles. The largest absolute Gasteiger partial charge is 0.473 e. The molecule has 0 saturated carbocycles. The Hall–Kier alpha value is -3.40. The van der Waals surface area contributed by atoms with Gasteiger partial charge in [-0.05, 0) is 28.3 Å². The number of benzene rings is 2. The maximum atomic E-state index is 5.81. The summed E-state index contributed by atoms with van der Waals surface area (Å²) < 4.78 is 5.81. The van der Waals surface area contributed by atoms with E-state index in [9.17, 15) is 0 Å². The number of aromatic amines is 1. The van der Waals surface area contributed by atoms with E-state index in [4.69, 9.17) is 4.74 Å². The molecular formula is C21H17N3O. The minimum atomic E-state index is 0.510. The predicted molar refractivity (Wildman–Crippen MR) is 98.0 cm³/mol. The van der Waals surface area contributed by atoms with Crippen molar-refractivity contribution in [2.45, 2.75) is 6.61 Å². The molecule has 0 atom stereocenters. The highest BCUT2D eigenvalue weighted by molar-refractivity contribution is 5.68. The zero-order chi connectivity index (χ0) is 16.9. The average Bonchev–Trinajstić information content (AvgIpc) is 3.22. The third-order valence-corrected chi connectivity index (χ3v) is 3.99. The Balaban J connectivity index is 1.51. The Labute approximate surface area is 146 Å². The summed E-state index contributed by atoms with van der Waals surface area (Å²) in [4.78, 5) is 11.5. The fourth-order valence-corrected chi connectivity index (χ4v) is 2.66. The van der Waals surface area contributed by atoms with Gasteiger partial charge in [0, 0.05) is 12.3 Å². The van der Waals surface area contributed by atoms with Crippen LogP contribution in [0.1, 0.15) is 5.56 Å². The Kier molecular flexibility index (Phi) is 4.25. The smallest absolute Gasteiger partial charge is 0.214 e. The van der Waals surface area contributed by atoms with Gasteiger partial charge in [0.05, 0.1) is 18.2 Å². The number of hydrogen-bond acceptors (Lipinski definition) is 3. The van der Waals surface area contributed by atoms with Crippen molar-refractivity contribution in [3.8, 4) is 28.3 Å². The summed E-state index contributed by atoms with van der Waals surface area (Å²) in [7, 11) is 0. The molecule has 0 unspecified atom stereocenters. The van der Waals surface area contributed by atoms with E-state index >= 15 is 0 Å². The van der Waals surface area contributed by atoms with Crippen LogP contribution in [0.3, 0.4) is 0 Å². The van der Waals surface area contributed by atoms with Gasteiger partial charge in [0.1, 0.15) is 6.61 Å². The lowest BCUT2D eigenvalue weighted by atomic mass is 10.0. The van der Waals surface area contributed by atoms with Crippen LogP contribution in [0.5, 0.6) is 5.88 Å². The first-order valence-corrected chi connectivity index (χ1v) is 8.10. The van der Waals surface area contributed by atoms with Crippen LogP contribution in [-0.4, -0.2) is 15.0 Å². The second-order valence-corrected chi connectivity index (χ2v) is 5.70. The van der Waals surface area contributed by atoms with Crippen LogP contribution < -0.4 is 4.74 Å². The van der Waals surface area contributed by atoms with Crippen LogP contribution in [0, 0.1) is 0 Å². The van der Waals surface area contributed by atoms with Gasteiger partial charge in [-0.25, -0.2) is 9.97 Å². The molecule has 0 aliphatic carbocycles. The highest BCUT2D eigenvalue weighted by Crippen LogP contribution is 2.25. The Morgan fingerprint density at radius 2 is 1.64 bits per heavy atom. The van der Waals surface area contributed by atoms with E-state index in [0.29, 0.717) is 12.5 Å². The fraction of sp³-hybridized carbons (Fsp3) is 0.0476. The van der Waals surface area contributed by atoms with Gasteiger partial charge in [0.15, 0.2) is 0 Å². The average molecular weight is 327 g/mol. The molecule has 2 heterocycles. The summed E-state index contributed by atoms with van der Waals surface area (Å²) >= 11 is 0. The van der Waals surface area contributed by atoms with Crippen molar-refractivity contribution in [3.63, 3.8) is 0 Å². The van der Waals surface area contributed by atoms with Crippen molar-refractivity contribution in [2.24, 2.45) is 0 Å². The number of rotatable bonds is 5. The molecule has 0 amide bonds. The summed E-state index contributed by atoms with van der Waals surface area (Å²) in [5, 5.41) is 0. The van der Waals surface area contributed by atoms with Gasteiger partial charge in [0.25, 0.3) is 0 Å². The van der Waals surface area contributed by atoms with E-state index in [1.807, 2.05) is 48.7 Å². The highest BCUT2D eigenvalue weighted by Gasteiger charge is 2.04. The summed E-state index contributed by atoms with van der Waals surface area (Å²) in [5.74, 6) is 0.624. The summed E-state index contributed by atoms with van der Waals surface area (Å²) in [5.41, 5.74) is 5.44. The standard InChI is InChI=1S/C21H17N3O/c1-2-4-16(5-3-1)14-25-21-12-19(10-11-23-21)17-6-8-18(9-7-17)20-13-22-15-24-20/h1-13,15H,14H2,(H,22,24). The topological polar surface area (TPSA) is 50.8 Å². The lowest BCUT2D eigenvalue weighted by molar-refractivity contribution is 0.294.